The zero-order valence-electron chi connectivity index (χ0n) is 12.9. The molecule has 0 aromatic heterocycles. The smallest absolute Gasteiger partial charge is 0.0351 e. The van der Waals surface area contributed by atoms with Gasteiger partial charge in [-0.3, -0.25) is 4.90 Å². The summed E-state index contributed by atoms with van der Waals surface area (Å²) in [6.07, 6.45) is 7.42. The van der Waals surface area contributed by atoms with Crippen molar-refractivity contribution in [1.82, 2.24) is 4.90 Å². The monoisotopic (exact) mass is 272 g/mol. The number of rotatable bonds is 4. The van der Waals surface area contributed by atoms with Gasteiger partial charge >= 0.3 is 0 Å². The van der Waals surface area contributed by atoms with Crippen LogP contribution in [0.4, 0.5) is 0 Å². The maximum absolute atomic E-state index is 6.21. The largest absolute Gasteiger partial charge is 0.328 e. The molecule has 1 aromatic carbocycles. The van der Waals surface area contributed by atoms with E-state index in [0.29, 0.717) is 12.1 Å². The minimum atomic E-state index is 0.434. The summed E-state index contributed by atoms with van der Waals surface area (Å²) in [5, 5.41) is 0. The van der Waals surface area contributed by atoms with Gasteiger partial charge in [-0.1, -0.05) is 38.1 Å². The molecule has 2 bridgehead atoms. The Balaban J connectivity index is 1.82. The molecule has 2 aliphatic rings. The SMILES string of the molecule is CCc1ccc(C(CC)N2C3CCC2CC(N)C3)cc1. The van der Waals surface area contributed by atoms with Gasteiger partial charge in [0.25, 0.3) is 0 Å². The number of hydrogen-bond acceptors (Lipinski definition) is 2. The van der Waals surface area contributed by atoms with E-state index in [4.69, 9.17) is 5.73 Å². The van der Waals surface area contributed by atoms with Gasteiger partial charge in [-0.2, -0.15) is 0 Å². The first-order chi connectivity index (χ1) is 9.72. The number of piperidine rings is 1. The van der Waals surface area contributed by atoms with Crippen molar-refractivity contribution in [3.63, 3.8) is 0 Å². The van der Waals surface area contributed by atoms with Crippen LogP contribution in [0.1, 0.15) is 63.1 Å². The van der Waals surface area contributed by atoms with Crippen molar-refractivity contribution >= 4 is 0 Å². The van der Waals surface area contributed by atoms with Gasteiger partial charge in [-0.15, -0.1) is 0 Å². The van der Waals surface area contributed by atoms with Crippen LogP contribution in [-0.4, -0.2) is 23.0 Å². The van der Waals surface area contributed by atoms with Crippen molar-refractivity contribution in [3.05, 3.63) is 35.4 Å². The van der Waals surface area contributed by atoms with Crippen LogP contribution in [0.2, 0.25) is 0 Å². The molecule has 0 radical (unpaired) electrons. The minimum Gasteiger partial charge on any atom is -0.328 e. The van der Waals surface area contributed by atoms with Crippen LogP contribution >= 0.6 is 0 Å². The summed E-state index contributed by atoms with van der Waals surface area (Å²) < 4.78 is 0. The zero-order valence-corrected chi connectivity index (χ0v) is 12.9. The molecule has 3 rings (SSSR count). The molecule has 0 amide bonds. The van der Waals surface area contributed by atoms with Gasteiger partial charge in [-0.05, 0) is 49.7 Å². The van der Waals surface area contributed by atoms with Crippen molar-refractivity contribution in [1.29, 1.82) is 0 Å². The molecule has 2 N–H and O–H groups in total. The first kappa shape index (κ1) is 14.1. The van der Waals surface area contributed by atoms with Gasteiger partial charge in [0.1, 0.15) is 0 Å². The lowest BCUT2D eigenvalue weighted by Crippen LogP contribution is -2.48. The number of hydrogen-bond donors (Lipinski definition) is 1. The Morgan fingerprint density at radius 1 is 1.10 bits per heavy atom. The van der Waals surface area contributed by atoms with E-state index in [2.05, 4.69) is 43.0 Å². The second-order valence-corrected chi connectivity index (χ2v) is 6.58. The summed E-state index contributed by atoms with van der Waals surface area (Å²) in [6, 6.07) is 11.8. The zero-order chi connectivity index (χ0) is 14.1. The summed E-state index contributed by atoms with van der Waals surface area (Å²) in [5.41, 5.74) is 9.14. The number of aryl methyl sites for hydroxylation is 1. The number of nitrogens with two attached hydrogens (primary N) is 1. The molecule has 0 saturated carbocycles. The van der Waals surface area contributed by atoms with E-state index in [1.54, 1.807) is 0 Å². The van der Waals surface area contributed by atoms with E-state index in [9.17, 15) is 0 Å². The van der Waals surface area contributed by atoms with Crippen LogP contribution in [0.5, 0.6) is 0 Å². The molecule has 20 heavy (non-hydrogen) atoms. The maximum atomic E-state index is 6.21. The van der Waals surface area contributed by atoms with Crippen molar-refractivity contribution in [2.75, 3.05) is 0 Å². The van der Waals surface area contributed by atoms with Crippen LogP contribution in [-0.2, 0) is 6.42 Å². The quantitative estimate of drug-likeness (QED) is 0.906. The highest BCUT2D eigenvalue weighted by Crippen LogP contribution is 2.42. The van der Waals surface area contributed by atoms with Crippen molar-refractivity contribution in [3.8, 4) is 0 Å². The van der Waals surface area contributed by atoms with E-state index in [1.165, 1.54) is 43.2 Å². The molecular formula is C18H28N2. The van der Waals surface area contributed by atoms with Crippen molar-refractivity contribution in [2.24, 2.45) is 5.73 Å². The van der Waals surface area contributed by atoms with Crippen LogP contribution in [0.3, 0.4) is 0 Å². The predicted molar refractivity (Wildman–Crippen MR) is 84.7 cm³/mol. The number of nitrogens with zero attached hydrogens (tertiary/aromatic N) is 1. The maximum Gasteiger partial charge on any atom is 0.0351 e. The Kier molecular flexibility index (Phi) is 4.13. The summed E-state index contributed by atoms with van der Waals surface area (Å²) in [6.45, 7) is 4.55. The Morgan fingerprint density at radius 2 is 1.70 bits per heavy atom. The molecule has 2 nitrogen and oxygen atoms in total. The molecule has 2 aliphatic heterocycles. The van der Waals surface area contributed by atoms with Crippen LogP contribution < -0.4 is 5.73 Å². The first-order valence-electron chi connectivity index (χ1n) is 8.34. The van der Waals surface area contributed by atoms with E-state index >= 15 is 0 Å². The van der Waals surface area contributed by atoms with Gasteiger partial charge in [0, 0.05) is 24.2 Å². The molecule has 2 saturated heterocycles. The molecule has 1 aromatic rings. The number of fused-ring (bicyclic) bond motifs is 2. The van der Waals surface area contributed by atoms with Crippen LogP contribution in [0.25, 0.3) is 0 Å². The fourth-order valence-electron chi connectivity index (χ4n) is 4.36. The molecule has 2 heteroatoms. The van der Waals surface area contributed by atoms with Gasteiger partial charge in [0.15, 0.2) is 0 Å². The Labute approximate surface area is 123 Å². The lowest BCUT2D eigenvalue weighted by molar-refractivity contribution is 0.0746. The van der Waals surface area contributed by atoms with Crippen molar-refractivity contribution < 1.29 is 0 Å². The fraction of sp³-hybridized carbons (Fsp3) is 0.667. The third-order valence-electron chi connectivity index (χ3n) is 5.35. The molecular weight excluding hydrogens is 244 g/mol. The fourth-order valence-corrected chi connectivity index (χ4v) is 4.36. The molecule has 3 atom stereocenters. The molecule has 0 spiro atoms. The average Bonchev–Trinajstić information content (AvgIpc) is 2.73. The first-order valence-corrected chi connectivity index (χ1v) is 8.34. The summed E-state index contributed by atoms with van der Waals surface area (Å²) in [7, 11) is 0. The molecule has 2 heterocycles. The van der Waals surface area contributed by atoms with Gasteiger partial charge < -0.3 is 5.73 Å². The highest BCUT2D eigenvalue weighted by atomic mass is 15.2. The summed E-state index contributed by atoms with van der Waals surface area (Å²) in [5.74, 6) is 0. The number of benzene rings is 1. The highest BCUT2D eigenvalue weighted by molar-refractivity contribution is 5.26. The van der Waals surface area contributed by atoms with Crippen molar-refractivity contribution in [2.45, 2.75) is 76.5 Å². The van der Waals surface area contributed by atoms with E-state index in [-0.39, 0.29) is 0 Å². The van der Waals surface area contributed by atoms with E-state index in [1.807, 2.05) is 0 Å². The van der Waals surface area contributed by atoms with E-state index in [0.717, 1.165) is 18.5 Å². The topological polar surface area (TPSA) is 29.3 Å². The standard InChI is InChI=1S/C18H28N2/c1-3-13-5-7-14(8-6-13)18(4-2)20-16-9-10-17(20)12-15(19)11-16/h5-8,15-18H,3-4,9-12,19H2,1-2H3. The normalized spacial score (nSPS) is 31.4. The van der Waals surface area contributed by atoms with Crippen LogP contribution in [0.15, 0.2) is 24.3 Å². The third-order valence-corrected chi connectivity index (χ3v) is 5.35. The summed E-state index contributed by atoms with van der Waals surface area (Å²) >= 11 is 0. The predicted octanol–water partition coefficient (Wildman–Crippen LogP) is 3.65. The third kappa shape index (κ3) is 2.51. The Morgan fingerprint density at radius 3 is 2.20 bits per heavy atom. The Hall–Kier alpha value is -0.860. The van der Waals surface area contributed by atoms with E-state index < -0.39 is 0 Å². The molecule has 2 fully saturated rings. The molecule has 3 unspecified atom stereocenters. The van der Waals surface area contributed by atoms with Gasteiger partial charge in [0.2, 0.25) is 0 Å². The lowest BCUT2D eigenvalue weighted by atomic mass is 9.92. The Bertz CT molecular complexity index is 425. The molecule has 110 valence electrons. The average molecular weight is 272 g/mol. The second kappa shape index (κ2) is 5.87. The van der Waals surface area contributed by atoms with Gasteiger partial charge in [0.05, 0.1) is 0 Å². The second-order valence-electron chi connectivity index (χ2n) is 6.58. The highest BCUT2D eigenvalue weighted by Gasteiger charge is 2.42. The van der Waals surface area contributed by atoms with Gasteiger partial charge in [-0.25, -0.2) is 0 Å². The lowest BCUT2D eigenvalue weighted by Gasteiger charge is -2.43. The van der Waals surface area contributed by atoms with Crippen LogP contribution in [0, 0.1) is 0 Å². The summed E-state index contributed by atoms with van der Waals surface area (Å²) in [4.78, 5) is 2.80. The molecule has 0 aliphatic carbocycles. The minimum absolute atomic E-state index is 0.434.